The summed E-state index contributed by atoms with van der Waals surface area (Å²) in [5.74, 6) is 0.712. The normalized spacial score (nSPS) is 28.3. The lowest BCUT2D eigenvalue weighted by Crippen LogP contribution is -2.44. The molecule has 1 aliphatic heterocycles. The van der Waals surface area contributed by atoms with E-state index in [1.807, 2.05) is 11.8 Å². The van der Waals surface area contributed by atoms with Crippen LogP contribution in [0.15, 0.2) is 0 Å². The first-order valence-electron chi connectivity index (χ1n) is 5.76. The number of piperidine rings is 1. The molecule has 0 bridgehead atoms. The average molecular weight is 208 g/mol. The van der Waals surface area contributed by atoms with Crippen LogP contribution in [-0.4, -0.2) is 23.9 Å². The van der Waals surface area contributed by atoms with Gasteiger partial charge in [-0.25, -0.2) is 0 Å². The number of rotatable bonds is 2. The first kappa shape index (κ1) is 12.0. The van der Waals surface area contributed by atoms with Crippen LogP contribution in [0.5, 0.6) is 0 Å². The molecule has 0 saturated carbocycles. The highest BCUT2D eigenvalue weighted by Gasteiger charge is 2.29. The maximum atomic E-state index is 12.0. The molecule has 1 rings (SSSR count). The Balaban J connectivity index is 2.63. The molecule has 1 heterocycles. The van der Waals surface area contributed by atoms with Gasteiger partial charge < -0.3 is 4.90 Å². The minimum atomic E-state index is -0.442. The summed E-state index contributed by atoms with van der Waals surface area (Å²) in [6.07, 6.45) is 1.81. The van der Waals surface area contributed by atoms with E-state index in [4.69, 9.17) is 5.26 Å². The number of hydrogen-bond acceptors (Lipinski definition) is 2. The van der Waals surface area contributed by atoms with Crippen LogP contribution < -0.4 is 0 Å². The zero-order chi connectivity index (χ0) is 11.4. The number of amides is 1. The van der Waals surface area contributed by atoms with Gasteiger partial charge in [-0.3, -0.25) is 4.79 Å². The molecule has 1 saturated heterocycles. The van der Waals surface area contributed by atoms with Gasteiger partial charge in [0.15, 0.2) is 0 Å². The van der Waals surface area contributed by atoms with Crippen LogP contribution in [0.25, 0.3) is 0 Å². The van der Waals surface area contributed by atoms with Crippen molar-refractivity contribution in [2.75, 3.05) is 13.1 Å². The van der Waals surface area contributed by atoms with Crippen molar-refractivity contribution in [2.24, 2.45) is 17.8 Å². The molecule has 1 amide bonds. The number of carbonyl (C=O) groups excluding carboxylic acids is 1. The lowest BCUT2D eigenvalue weighted by molar-refractivity contribution is -0.136. The van der Waals surface area contributed by atoms with E-state index in [0.717, 1.165) is 13.1 Å². The van der Waals surface area contributed by atoms with Crippen LogP contribution in [0.3, 0.4) is 0 Å². The Morgan fingerprint density at radius 1 is 1.47 bits per heavy atom. The molecular weight excluding hydrogens is 188 g/mol. The van der Waals surface area contributed by atoms with Gasteiger partial charge in [0.1, 0.15) is 5.92 Å². The SMILES string of the molecule is CCC(C#N)C(=O)N1CC(C)CC(C)C1. The molecule has 15 heavy (non-hydrogen) atoms. The summed E-state index contributed by atoms with van der Waals surface area (Å²) in [5, 5.41) is 8.86. The second kappa shape index (κ2) is 5.16. The molecule has 3 atom stereocenters. The molecule has 3 heteroatoms. The third kappa shape index (κ3) is 2.95. The fourth-order valence-corrected chi connectivity index (χ4v) is 2.38. The van der Waals surface area contributed by atoms with Crippen LogP contribution in [0.2, 0.25) is 0 Å². The van der Waals surface area contributed by atoms with Crippen molar-refractivity contribution in [1.82, 2.24) is 4.90 Å². The predicted octanol–water partition coefficient (Wildman–Crippen LogP) is 2.04. The lowest BCUT2D eigenvalue weighted by Gasteiger charge is -2.35. The van der Waals surface area contributed by atoms with Gasteiger partial charge >= 0.3 is 0 Å². The third-order valence-electron chi connectivity index (χ3n) is 3.04. The van der Waals surface area contributed by atoms with Crippen molar-refractivity contribution >= 4 is 5.91 Å². The van der Waals surface area contributed by atoms with Gasteiger partial charge in [-0.2, -0.15) is 5.26 Å². The number of nitriles is 1. The topological polar surface area (TPSA) is 44.1 Å². The molecule has 0 aliphatic carbocycles. The average Bonchev–Trinajstić information content (AvgIpc) is 2.18. The van der Waals surface area contributed by atoms with E-state index in [1.165, 1.54) is 6.42 Å². The van der Waals surface area contributed by atoms with Crippen LogP contribution in [0.1, 0.15) is 33.6 Å². The molecule has 3 nitrogen and oxygen atoms in total. The summed E-state index contributed by atoms with van der Waals surface area (Å²) in [6.45, 7) is 7.87. The lowest BCUT2D eigenvalue weighted by atomic mass is 9.91. The fourth-order valence-electron chi connectivity index (χ4n) is 2.38. The van der Waals surface area contributed by atoms with E-state index in [2.05, 4.69) is 19.9 Å². The van der Waals surface area contributed by atoms with Crippen molar-refractivity contribution in [1.29, 1.82) is 5.26 Å². The van der Waals surface area contributed by atoms with Crippen molar-refractivity contribution in [2.45, 2.75) is 33.6 Å². The number of hydrogen-bond donors (Lipinski definition) is 0. The predicted molar refractivity (Wildman–Crippen MR) is 58.9 cm³/mol. The number of likely N-dealkylation sites (tertiary alicyclic amines) is 1. The molecule has 0 spiro atoms. The van der Waals surface area contributed by atoms with Gasteiger partial charge in [-0.1, -0.05) is 20.8 Å². The summed E-state index contributed by atoms with van der Waals surface area (Å²) >= 11 is 0. The zero-order valence-electron chi connectivity index (χ0n) is 9.86. The van der Waals surface area contributed by atoms with Crippen LogP contribution in [0, 0.1) is 29.1 Å². The quantitative estimate of drug-likeness (QED) is 0.697. The van der Waals surface area contributed by atoms with Gasteiger partial charge in [-0.05, 0) is 24.7 Å². The zero-order valence-corrected chi connectivity index (χ0v) is 9.86. The molecular formula is C12H20N2O. The third-order valence-corrected chi connectivity index (χ3v) is 3.04. The Hall–Kier alpha value is -1.04. The van der Waals surface area contributed by atoms with Crippen molar-refractivity contribution in [3.05, 3.63) is 0 Å². The van der Waals surface area contributed by atoms with E-state index >= 15 is 0 Å². The highest BCUT2D eigenvalue weighted by atomic mass is 16.2. The van der Waals surface area contributed by atoms with E-state index in [1.54, 1.807) is 0 Å². The van der Waals surface area contributed by atoms with Crippen molar-refractivity contribution in [3.8, 4) is 6.07 Å². The van der Waals surface area contributed by atoms with Crippen LogP contribution >= 0.6 is 0 Å². The standard InChI is InChI=1S/C12H20N2O/c1-4-11(6-13)12(15)14-7-9(2)5-10(3)8-14/h9-11H,4-5,7-8H2,1-3H3. The molecule has 0 aromatic heterocycles. The number of carbonyl (C=O) groups is 1. The van der Waals surface area contributed by atoms with Crippen molar-refractivity contribution in [3.63, 3.8) is 0 Å². The monoisotopic (exact) mass is 208 g/mol. The first-order valence-corrected chi connectivity index (χ1v) is 5.76. The molecule has 0 aromatic carbocycles. The van der Waals surface area contributed by atoms with Gasteiger partial charge in [-0.15, -0.1) is 0 Å². The first-order chi connectivity index (χ1) is 7.08. The second-order valence-corrected chi connectivity index (χ2v) is 4.78. The Bertz CT molecular complexity index is 259. The van der Waals surface area contributed by atoms with Crippen LogP contribution in [0.4, 0.5) is 0 Å². The molecule has 0 aromatic rings. The fraction of sp³-hybridized carbons (Fsp3) is 0.833. The Labute approximate surface area is 92.1 Å². The van der Waals surface area contributed by atoms with E-state index in [9.17, 15) is 4.79 Å². The van der Waals surface area contributed by atoms with Gasteiger partial charge in [0.2, 0.25) is 5.91 Å². The number of nitrogens with zero attached hydrogens (tertiary/aromatic N) is 2. The second-order valence-electron chi connectivity index (χ2n) is 4.78. The molecule has 0 N–H and O–H groups in total. The Kier molecular flexibility index (Phi) is 4.14. The minimum absolute atomic E-state index is 0.0263. The molecule has 0 radical (unpaired) electrons. The summed E-state index contributed by atoms with van der Waals surface area (Å²) in [5.41, 5.74) is 0. The van der Waals surface area contributed by atoms with E-state index in [0.29, 0.717) is 18.3 Å². The Morgan fingerprint density at radius 3 is 2.40 bits per heavy atom. The van der Waals surface area contributed by atoms with Crippen molar-refractivity contribution < 1.29 is 4.79 Å². The Morgan fingerprint density at radius 2 is 2.00 bits per heavy atom. The van der Waals surface area contributed by atoms with E-state index in [-0.39, 0.29) is 5.91 Å². The van der Waals surface area contributed by atoms with Gasteiger partial charge in [0.25, 0.3) is 0 Å². The summed E-state index contributed by atoms with van der Waals surface area (Å²) in [7, 11) is 0. The largest absolute Gasteiger partial charge is 0.341 e. The van der Waals surface area contributed by atoms with Gasteiger partial charge in [0, 0.05) is 13.1 Å². The maximum Gasteiger partial charge on any atom is 0.239 e. The highest BCUT2D eigenvalue weighted by molar-refractivity contribution is 5.81. The summed E-state index contributed by atoms with van der Waals surface area (Å²) < 4.78 is 0. The van der Waals surface area contributed by atoms with Crippen LogP contribution in [-0.2, 0) is 4.79 Å². The minimum Gasteiger partial charge on any atom is -0.341 e. The molecule has 1 fully saturated rings. The van der Waals surface area contributed by atoms with E-state index < -0.39 is 5.92 Å². The summed E-state index contributed by atoms with van der Waals surface area (Å²) in [6, 6.07) is 2.09. The summed E-state index contributed by atoms with van der Waals surface area (Å²) in [4.78, 5) is 13.8. The smallest absolute Gasteiger partial charge is 0.239 e. The molecule has 3 unspecified atom stereocenters. The molecule has 1 aliphatic rings. The molecule has 84 valence electrons. The maximum absolute atomic E-state index is 12.0. The van der Waals surface area contributed by atoms with Gasteiger partial charge in [0.05, 0.1) is 6.07 Å². The highest BCUT2D eigenvalue weighted by Crippen LogP contribution is 2.22.